The number of nitrogens with one attached hydrogen (secondary N) is 2. The number of carbonyl (C=O) groups excluding carboxylic acids is 1. The molecule has 0 atom stereocenters. The van der Waals surface area contributed by atoms with E-state index in [1.807, 2.05) is 30.5 Å². The van der Waals surface area contributed by atoms with Gasteiger partial charge in [-0.1, -0.05) is 24.3 Å². The molecule has 0 unspecified atom stereocenters. The van der Waals surface area contributed by atoms with Gasteiger partial charge in [0.25, 0.3) is 0 Å². The fourth-order valence-electron chi connectivity index (χ4n) is 2.17. The van der Waals surface area contributed by atoms with E-state index in [4.69, 9.17) is 0 Å². The summed E-state index contributed by atoms with van der Waals surface area (Å²) in [5.41, 5.74) is 2.43. The molecular weight excluding hydrogens is 255 g/mol. The molecule has 4 heteroatoms. The average Bonchev–Trinajstić information content (AvgIpc) is 2.91. The van der Waals surface area contributed by atoms with Crippen molar-refractivity contribution in [1.82, 2.24) is 4.98 Å². The summed E-state index contributed by atoms with van der Waals surface area (Å²) < 4.78 is 12.8. The predicted octanol–water partition coefficient (Wildman–Crippen LogP) is 3.49. The van der Waals surface area contributed by atoms with Gasteiger partial charge in [0.2, 0.25) is 5.91 Å². The number of anilines is 1. The number of fused-ring (bicyclic) bond motifs is 1. The Labute approximate surface area is 115 Å². The number of para-hydroxylation sites is 1. The molecule has 0 saturated carbocycles. The Morgan fingerprint density at radius 1 is 1.10 bits per heavy atom. The molecule has 2 aromatic carbocycles. The molecule has 0 bridgehead atoms. The number of carbonyl (C=O) groups is 1. The normalized spacial score (nSPS) is 10.7. The van der Waals surface area contributed by atoms with E-state index in [-0.39, 0.29) is 18.1 Å². The number of aromatic nitrogens is 1. The molecule has 0 fully saturated rings. The summed E-state index contributed by atoms with van der Waals surface area (Å²) in [7, 11) is 0. The minimum Gasteiger partial charge on any atom is -0.359 e. The Morgan fingerprint density at radius 2 is 1.90 bits per heavy atom. The highest BCUT2D eigenvalue weighted by atomic mass is 19.1. The van der Waals surface area contributed by atoms with Gasteiger partial charge in [0.15, 0.2) is 0 Å². The van der Waals surface area contributed by atoms with Crippen LogP contribution in [0.5, 0.6) is 0 Å². The molecule has 0 spiro atoms. The summed E-state index contributed by atoms with van der Waals surface area (Å²) in [5, 5.41) is 3.92. The molecule has 1 amide bonds. The van der Waals surface area contributed by atoms with Gasteiger partial charge in [-0.3, -0.25) is 4.79 Å². The maximum atomic E-state index is 12.8. The number of rotatable bonds is 3. The van der Waals surface area contributed by atoms with E-state index in [0.29, 0.717) is 0 Å². The number of amides is 1. The summed E-state index contributed by atoms with van der Waals surface area (Å²) in [5.74, 6) is -0.427. The van der Waals surface area contributed by atoms with Gasteiger partial charge in [-0.15, -0.1) is 0 Å². The third kappa shape index (κ3) is 2.54. The number of halogens is 1. The predicted molar refractivity (Wildman–Crippen MR) is 77.0 cm³/mol. The monoisotopic (exact) mass is 268 g/mol. The highest BCUT2D eigenvalue weighted by molar-refractivity contribution is 6.01. The van der Waals surface area contributed by atoms with Crippen molar-refractivity contribution in [1.29, 1.82) is 0 Å². The maximum absolute atomic E-state index is 12.8. The van der Waals surface area contributed by atoms with Crippen molar-refractivity contribution in [2.75, 3.05) is 5.32 Å². The number of benzene rings is 2. The second-order valence-corrected chi connectivity index (χ2v) is 4.60. The third-order valence-electron chi connectivity index (χ3n) is 3.14. The van der Waals surface area contributed by atoms with Gasteiger partial charge in [-0.05, 0) is 29.8 Å². The molecule has 0 aliphatic rings. The first kappa shape index (κ1) is 12.4. The van der Waals surface area contributed by atoms with Crippen LogP contribution in [-0.4, -0.2) is 10.9 Å². The Morgan fingerprint density at radius 3 is 2.70 bits per heavy atom. The van der Waals surface area contributed by atoms with Crippen molar-refractivity contribution in [3.8, 4) is 0 Å². The standard InChI is InChI=1S/C16H13FN2O/c17-13-6-4-11(5-7-13)10-15(20)19-14-3-1-2-12-8-9-18-16(12)14/h1-9,18H,10H2,(H,19,20). The number of hydrogen-bond donors (Lipinski definition) is 2. The molecule has 0 aliphatic heterocycles. The SMILES string of the molecule is O=C(Cc1ccc(F)cc1)Nc1cccc2cc[nH]c12. The quantitative estimate of drug-likeness (QED) is 0.750. The zero-order chi connectivity index (χ0) is 13.9. The lowest BCUT2D eigenvalue weighted by Gasteiger charge is -2.06. The van der Waals surface area contributed by atoms with Crippen LogP contribution < -0.4 is 5.32 Å². The molecule has 1 heterocycles. The number of hydrogen-bond acceptors (Lipinski definition) is 1. The third-order valence-corrected chi connectivity index (χ3v) is 3.14. The van der Waals surface area contributed by atoms with Crippen LogP contribution in [0.1, 0.15) is 5.56 Å². The highest BCUT2D eigenvalue weighted by Crippen LogP contribution is 2.21. The van der Waals surface area contributed by atoms with Crippen LogP contribution in [-0.2, 0) is 11.2 Å². The van der Waals surface area contributed by atoms with Crippen LogP contribution >= 0.6 is 0 Å². The molecule has 0 saturated heterocycles. The van der Waals surface area contributed by atoms with Gasteiger partial charge in [0.05, 0.1) is 17.6 Å². The van der Waals surface area contributed by atoms with Crippen molar-refractivity contribution in [2.45, 2.75) is 6.42 Å². The van der Waals surface area contributed by atoms with Gasteiger partial charge in [-0.25, -0.2) is 4.39 Å². The molecule has 100 valence electrons. The molecule has 20 heavy (non-hydrogen) atoms. The van der Waals surface area contributed by atoms with Crippen LogP contribution in [0.4, 0.5) is 10.1 Å². The molecule has 0 radical (unpaired) electrons. The van der Waals surface area contributed by atoms with Crippen LogP contribution in [0.3, 0.4) is 0 Å². The maximum Gasteiger partial charge on any atom is 0.228 e. The van der Waals surface area contributed by atoms with Crippen LogP contribution in [0.15, 0.2) is 54.7 Å². The van der Waals surface area contributed by atoms with Gasteiger partial charge >= 0.3 is 0 Å². The first-order chi connectivity index (χ1) is 9.72. The largest absolute Gasteiger partial charge is 0.359 e. The summed E-state index contributed by atoms with van der Waals surface area (Å²) in [6.07, 6.45) is 2.05. The first-order valence-electron chi connectivity index (χ1n) is 6.33. The second kappa shape index (κ2) is 5.17. The molecule has 0 aliphatic carbocycles. The topological polar surface area (TPSA) is 44.9 Å². The minimum absolute atomic E-state index is 0.126. The fraction of sp³-hybridized carbons (Fsp3) is 0.0625. The number of aromatic amines is 1. The average molecular weight is 268 g/mol. The summed E-state index contributed by atoms with van der Waals surface area (Å²) in [6.45, 7) is 0. The van der Waals surface area contributed by atoms with Crippen molar-refractivity contribution < 1.29 is 9.18 Å². The zero-order valence-corrected chi connectivity index (χ0v) is 10.7. The van der Waals surface area contributed by atoms with E-state index in [0.717, 1.165) is 22.2 Å². The second-order valence-electron chi connectivity index (χ2n) is 4.60. The Bertz CT molecular complexity index is 747. The lowest BCUT2D eigenvalue weighted by atomic mass is 10.1. The zero-order valence-electron chi connectivity index (χ0n) is 10.7. The van der Waals surface area contributed by atoms with Crippen LogP contribution in [0.25, 0.3) is 10.9 Å². The van der Waals surface area contributed by atoms with Gasteiger partial charge in [0.1, 0.15) is 5.82 Å². The van der Waals surface area contributed by atoms with Gasteiger partial charge < -0.3 is 10.3 Å². The summed E-state index contributed by atoms with van der Waals surface area (Å²) >= 11 is 0. The minimum atomic E-state index is -0.301. The molecular formula is C16H13FN2O. The lowest BCUT2D eigenvalue weighted by Crippen LogP contribution is -2.14. The van der Waals surface area contributed by atoms with Crippen molar-refractivity contribution in [3.63, 3.8) is 0 Å². The van der Waals surface area contributed by atoms with Crippen LogP contribution in [0, 0.1) is 5.82 Å². The van der Waals surface area contributed by atoms with Crippen LogP contribution in [0.2, 0.25) is 0 Å². The van der Waals surface area contributed by atoms with Gasteiger partial charge in [0, 0.05) is 11.6 Å². The molecule has 3 aromatic rings. The van der Waals surface area contributed by atoms with Crippen molar-refractivity contribution in [3.05, 3.63) is 66.1 Å². The molecule has 2 N–H and O–H groups in total. The van der Waals surface area contributed by atoms with Crippen molar-refractivity contribution in [2.24, 2.45) is 0 Å². The fourth-order valence-corrected chi connectivity index (χ4v) is 2.17. The summed E-state index contributed by atoms with van der Waals surface area (Å²) in [4.78, 5) is 15.1. The van der Waals surface area contributed by atoms with E-state index in [1.165, 1.54) is 12.1 Å². The smallest absolute Gasteiger partial charge is 0.228 e. The van der Waals surface area contributed by atoms with Crippen molar-refractivity contribution >= 4 is 22.5 Å². The molecule has 1 aromatic heterocycles. The number of H-pyrrole nitrogens is 1. The van der Waals surface area contributed by atoms with E-state index >= 15 is 0 Å². The highest BCUT2D eigenvalue weighted by Gasteiger charge is 2.07. The van der Waals surface area contributed by atoms with E-state index in [2.05, 4.69) is 10.3 Å². The first-order valence-corrected chi connectivity index (χ1v) is 6.33. The molecule has 3 rings (SSSR count). The Balaban J connectivity index is 1.76. The Kier molecular flexibility index (Phi) is 3.21. The van der Waals surface area contributed by atoms with E-state index in [1.54, 1.807) is 12.1 Å². The van der Waals surface area contributed by atoms with Gasteiger partial charge in [-0.2, -0.15) is 0 Å². The summed E-state index contributed by atoms with van der Waals surface area (Å²) in [6, 6.07) is 13.6. The lowest BCUT2D eigenvalue weighted by molar-refractivity contribution is -0.115. The molecule has 3 nitrogen and oxygen atoms in total. The van der Waals surface area contributed by atoms with E-state index < -0.39 is 0 Å². The van der Waals surface area contributed by atoms with E-state index in [9.17, 15) is 9.18 Å². The Hall–Kier alpha value is -2.62.